The van der Waals surface area contributed by atoms with Crippen molar-refractivity contribution in [1.82, 2.24) is 0 Å². The molecule has 0 aliphatic heterocycles. The van der Waals surface area contributed by atoms with E-state index in [-0.39, 0.29) is 11.9 Å². The van der Waals surface area contributed by atoms with E-state index in [0.29, 0.717) is 38.0 Å². The van der Waals surface area contributed by atoms with Gasteiger partial charge in [0.05, 0.1) is 6.61 Å². The van der Waals surface area contributed by atoms with Gasteiger partial charge in [-0.3, -0.25) is 9.59 Å². The van der Waals surface area contributed by atoms with Crippen molar-refractivity contribution in [3.8, 4) is 5.75 Å². The lowest BCUT2D eigenvalue weighted by molar-refractivity contribution is -0.144. The van der Waals surface area contributed by atoms with Crippen LogP contribution < -0.4 is 4.74 Å². The van der Waals surface area contributed by atoms with Crippen LogP contribution in [0.3, 0.4) is 0 Å². The molecule has 34 heavy (non-hydrogen) atoms. The predicted octanol–water partition coefficient (Wildman–Crippen LogP) is 8.74. The maximum Gasteiger partial charge on any atom is 0.311 e. The molecule has 0 radical (unpaired) electrons. The molecule has 0 fully saturated rings. The highest BCUT2D eigenvalue weighted by Crippen LogP contribution is 2.20. The van der Waals surface area contributed by atoms with E-state index in [2.05, 4.69) is 13.8 Å². The standard InChI is InChI=1S/C30H50O4/c1-3-5-6-7-8-9-10-11-12-13-14-15-20-26-33-29(31)24-18-19-25-30(32)34-28-23-17-16-22-27(28)21-4-2/h16-17,22-23H,3-15,18-21,24-26H2,1-2H3. The van der Waals surface area contributed by atoms with Gasteiger partial charge in [0.25, 0.3) is 0 Å². The van der Waals surface area contributed by atoms with E-state index in [0.717, 1.165) is 31.2 Å². The van der Waals surface area contributed by atoms with Gasteiger partial charge in [-0.05, 0) is 37.3 Å². The SMILES string of the molecule is CCCCCCCCCCCCCCCOC(=O)CCCCC(=O)Oc1ccccc1CCC. The molecule has 1 rings (SSSR count). The highest BCUT2D eigenvalue weighted by molar-refractivity contribution is 5.73. The van der Waals surface area contributed by atoms with Crippen LogP contribution in [0.2, 0.25) is 0 Å². The van der Waals surface area contributed by atoms with Crippen LogP contribution in [0.5, 0.6) is 5.75 Å². The topological polar surface area (TPSA) is 52.6 Å². The lowest BCUT2D eigenvalue weighted by Crippen LogP contribution is -2.10. The predicted molar refractivity (Wildman–Crippen MR) is 141 cm³/mol. The molecule has 0 aliphatic carbocycles. The third-order valence-electron chi connectivity index (χ3n) is 6.24. The van der Waals surface area contributed by atoms with Gasteiger partial charge in [-0.15, -0.1) is 0 Å². The molecule has 1 aromatic carbocycles. The molecule has 0 spiro atoms. The quantitative estimate of drug-likeness (QED) is 0.0957. The zero-order valence-corrected chi connectivity index (χ0v) is 22.1. The Bertz CT molecular complexity index is 640. The Morgan fingerprint density at radius 1 is 0.618 bits per heavy atom. The van der Waals surface area contributed by atoms with Gasteiger partial charge in [0, 0.05) is 12.8 Å². The Kier molecular flexibility index (Phi) is 19.2. The number of aryl methyl sites for hydroxylation is 1. The van der Waals surface area contributed by atoms with Crippen molar-refractivity contribution < 1.29 is 19.1 Å². The molecule has 0 heterocycles. The van der Waals surface area contributed by atoms with Gasteiger partial charge in [-0.2, -0.15) is 0 Å². The summed E-state index contributed by atoms with van der Waals surface area (Å²) in [6, 6.07) is 7.69. The second-order valence-electron chi connectivity index (χ2n) is 9.50. The molecular formula is C30H50O4. The summed E-state index contributed by atoms with van der Waals surface area (Å²) in [7, 11) is 0. The third kappa shape index (κ3) is 16.7. The lowest BCUT2D eigenvalue weighted by atomic mass is 10.0. The van der Waals surface area contributed by atoms with Crippen LogP contribution >= 0.6 is 0 Å². The summed E-state index contributed by atoms with van der Waals surface area (Å²) in [5.41, 5.74) is 1.06. The molecule has 4 nitrogen and oxygen atoms in total. The van der Waals surface area contributed by atoms with Crippen molar-refractivity contribution in [3.63, 3.8) is 0 Å². The fraction of sp³-hybridized carbons (Fsp3) is 0.733. The zero-order valence-electron chi connectivity index (χ0n) is 22.1. The molecule has 0 aromatic heterocycles. The minimum Gasteiger partial charge on any atom is -0.466 e. The first-order valence-corrected chi connectivity index (χ1v) is 14.1. The molecule has 0 saturated carbocycles. The molecule has 4 heteroatoms. The fourth-order valence-corrected chi connectivity index (χ4v) is 4.17. The Balaban J connectivity index is 1.91. The first kappa shape index (κ1) is 30.2. The average molecular weight is 475 g/mol. The van der Waals surface area contributed by atoms with Crippen molar-refractivity contribution in [1.29, 1.82) is 0 Å². The van der Waals surface area contributed by atoms with Gasteiger partial charge in [-0.25, -0.2) is 0 Å². The molecular weight excluding hydrogens is 424 g/mol. The van der Waals surface area contributed by atoms with Crippen molar-refractivity contribution in [2.75, 3.05) is 6.61 Å². The third-order valence-corrected chi connectivity index (χ3v) is 6.24. The number of hydrogen-bond donors (Lipinski definition) is 0. The number of rotatable bonds is 22. The normalized spacial score (nSPS) is 10.9. The smallest absolute Gasteiger partial charge is 0.311 e. The van der Waals surface area contributed by atoms with E-state index in [1.807, 2.05) is 24.3 Å². The second-order valence-corrected chi connectivity index (χ2v) is 9.50. The van der Waals surface area contributed by atoms with E-state index >= 15 is 0 Å². The molecule has 0 amide bonds. The Labute approximate surface area is 209 Å². The van der Waals surface area contributed by atoms with Gasteiger partial charge >= 0.3 is 11.9 Å². The number of carbonyl (C=O) groups is 2. The lowest BCUT2D eigenvalue weighted by Gasteiger charge is -2.09. The van der Waals surface area contributed by atoms with Crippen LogP contribution in [-0.2, 0) is 20.7 Å². The van der Waals surface area contributed by atoms with Gasteiger partial charge in [0.1, 0.15) is 5.75 Å². The summed E-state index contributed by atoms with van der Waals surface area (Å²) in [4.78, 5) is 24.0. The van der Waals surface area contributed by atoms with Crippen LogP contribution in [0.25, 0.3) is 0 Å². The molecule has 194 valence electrons. The number of ether oxygens (including phenoxy) is 2. The van der Waals surface area contributed by atoms with Crippen LogP contribution in [0.4, 0.5) is 0 Å². The first-order chi connectivity index (χ1) is 16.7. The van der Waals surface area contributed by atoms with Gasteiger partial charge in [-0.1, -0.05) is 116 Å². The number of hydrogen-bond acceptors (Lipinski definition) is 4. The second kappa shape index (κ2) is 21.7. The van der Waals surface area contributed by atoms with Crippen molar-refractivity contribution in [3.05, 3.63) is 29.8 Å². The summed E-state index contributed by atoms with van der Waals surface area (Å²) in [5.74, 6) is 0.274. The minimum absolute atomic E-state index is 0.152. The van der Waals surface area contributed by atoms with Crippen LogP contribution in [0.1, 0.15) is 135 Å². The van der Waals surface area contributed by atoms with E-state index in [9.17, 15) is 9.59 Å². The van der Waals surface area contributed by atoms with Gasteiger partial charge in [0.15, 0.2) is 0 Å². The summed E-state index contributed by atoms with van der Waals surface area (Å²) < 4.78 is 10.8. The van der Waals surface area contributed by atoms with E-state index in [4.69, 9.17) is 9.47 Å². The Morgan fingerprint density at radius 3 is 1.74 bits per heavy atom. The summed E-state index contributed by atoms with van der Waals surface area (Å²) in [6.07, 6.45) is 20.9. The Morgan fingerprint density at radius 2 is 1.15 bits per heavy atom. The van der Waals surface area contributed by atoms with Crippen molar-refractivity contribution in [2.24, 2.45) is 0 Å². The molecule has 0 atom stereocenters. The average Bonchev–Trinajstić information content (AvgIpc) is 2.83. The highest BCUT2D eigenvalue weighted by Gasteiger charge is 2.09. The molecule has 0 N–H and O–H groups in total. The summed E-state index contributed by atoms with van der Waals surface area (Å²) in [5, 5.41) is 0. The van der Waals surface area contributed by atoms with Crippen LogP contribution in [-0.4, -0.2) is 18.5 Å². The van der Waals surface area contributed by atoms with Crippen molar-refractivity contribution >= 4 is 11.9 Å². The molecule has 0 saturated heterocycles. The largest absolute Gasteiger partial charge is 0.466 e. The molecule has 1 aromatic rings. The summed E-state index contributed by atoms with van der Waals surface area (Å²) in [6.45, 7) is 4.89. The number of esters is 2. The first-order valence-electron chi connectivity index (χ1n) is 14.1. The maximum atomic E-state index is 12.1. The zero-order chi connectivity index (χ0) is 24.7. The highest BCUT2D eigenvalue weighted by atomic mass is 16.5. The number of unbranched alkanes of at least 4 members (excludes halogenated alkanes) is 13. The van der Waals surface area contributed by atoms with E-state index in [1.54, 1.807) is 0 Å². The van der Waals surface area contributed by atoms with Gasteiger partial charge < -0.3 is 9.47 Å². The fourth-order valence-electron chi connectivity index (χ4n) is 4.17. The number of para-hydroxylation sites is 1. The van der Waals surface area contributed by atoms with E-state index < -0.39 is 0 Å². The minimum atomic E-state index is -0.233. The van der Waals surface area contributed by atoms with Crippen LogP contribution in [0.15, 0.2) is 24.3 Å². The number of carbonyl (C=O) groups excluding carboxylic acids is 2. The molecule has 0 unspecified atom stereocenters. The monoisotopic (exact) mass is 474 g/mol. The molecule has 0 aliphatic rings. The Hall–Kier alpha value is -1.84. The van der Waals surface area contributed by atoms with E-state index in [1.165, 1.54) is 70.6 Å². The maximum absolute atomic E-state index is 12.1. The van der Waals surface area contributed by atoms with Crippen LogP contribution in [0, 0.1) is 0 Å². The van der Waals surface area contributed by atoms with Crippen molar-refractivity contribution in [2.45, 2.75) is 136 Å². The van der Waals surface area contributed by atoms with Gasteiger partial charge in [0.2, 0.25) is 0 Å². The number of benzene rings is 1. The summed E-state index contributed by atoms with van der Waals surface area (Å²) >= 11 is 0. The molecule has 0 bridgehead atoms.